The molecule has 1 aliphatic heterocycles. The molecule has 110 valence electrons. The molecule has 3 unspecified atom stereocenters. The Morgan fingerprint density at radius 2 is 2.05 bits per heavy atom. The zero-order valence-electron chi connectivity index (χ0n) is 12.3. The first-order chi connectivity index (χ1) is 10.3. The van der Waals surface area contributed by atoms with Gasteiger partial charge in [0.15, 0.2) is 0 Å². The minimum Gasteiger partial charge on any atom is -0.493 e. The molecule has 1 N–H and O–H groups in total. The Bertz CT molecular complexity index is 634. The van der Waals surface area contributed by atoms with E-state index in [1.165, 1.54) is 12.0 Å². The Labute approximate surface area is 125 Å². The molecule has 21 heavy (non-hydrogen) atoms. The monoisotopic (exact) mass is 283 g/mol. The fraction of sp³-hybridized carbons (Fsp3) is 0.444. The van der Waals surface area contributed by atoms with Gasteiger partial charge in [-0.15, -0.1) is 0 Å². The fourth-order valence-corrected chi connectivity index (χ4v) is 3.19. The number of ether oxygens (including phenoxy) is 1. The van der Waals surface area contributed by atoms with Crippen LogP contribution in [0.1, 0.15) is 48.8 Å². The van der Waals surface area contributed by atoms with Gasteiger partial charge in [-0.25, -0.2) is 0 Å². The quantitative estimate of drug-likeness (QED) is 0.920. The van der Waals surface area contributed by atoms with Gasteiger partial charge >= 0.3 is 0 Å². The fourth-order valence-electron chi connectivity index (χ4n) is 3.19. The van der Waals surface area contributed by atoms with Gasteiger partial charge in [-0.3, -0.25) is 0 Å². The second-order valence-electron chi connectivity index (χ2n) is 6.23. The summed E-state index contributed by atoms with van der Waals surface area (Å²) >= 11 is 0. The van der Waals surface area contributed by atoms with E-state index < -0.39 is 0 Å². The number of hydrogen-bond acceptors (Lipinski definition) is 3. The van der Waals surface area contributed by atoms with Crippen molar-refractivity contribution in [1.82, 2.24) is 5.32 Å². The van der Waals surface area contributed by atoms with Gasteiger partial charge in [0.25, 0.3) is 0 Å². The Morgan fingerprint density at radius 1 is 1.19 bits per heavy atom. The van der Waals surface area contributed by atoms with Crippen molar-refractivity contribution < 1.29 is 9.15 Å². The van der Waals surface area contributed by atoms with Crippen molar-refractivity contribution in [2.75, 3.05) is 6.61 Å². The van der Waals surface area contributed by atoms with E-state index in [0.29, 0.717) is 12.0 Å². The molecule has 0 spiro atoms. The number of para-hydroxylation sites is 1. The van der Waals surface area contributed by atoms with E-state index >= 15 is 0 Å². The molecule has 1 aromatic carbocycles. The Morgan fingerprint density at radius 3 is 2.90 bits per heavy atom. The number of hydrogen-bond donors (Lipinski definition) is 1. The SMILES string of the molecule is CC1CC1c1ccc(CNC2CCOc3ccccc32)o1. The van der Waals surface area contributed by atoms with Gasteiger partial charge in [-0.2, -0.15) is 0 Å². The van der Waals surface area contributed by atoms with E-state index in [2.05, 4.69) is 36.5 Å². The van der Waals surface area contributed by atoms with Crippen molar-refractivity contribution in [2.45, 2.75) is 38.3 Å². The van der Waals surface area contributed by atoms with E-state index in [1.807, 2.05) is 12.1 Å². The van der Waals surface area contributed by atoms with Crippen molar-refractivity contribution in [1.29, 1.82) is 0 Å². The summed E-state index contributed by atoms with van der Waals surface area (Å²) in [6.45, 7) is 3.84. The maximum absolute atomic E-state index is 5.96. The molecule has 4 rings (SSSR count). The average molecular weight is 283 g/mol. The number of fused-ring (bicyclic) bond motifs is 1. The standard InChI is InChI=1S/C18H21NO2/c1-12-10-15(12)18-7-6-13(21-18)11-19-16-8-9-20-17-5-3-2-4-14(16)17/h2-7,12,15-16,19H,8-11H2,1H3. The van der Waals surface area contributed by atoms with Gasteiger partial charge in [0, 0.05) is 23.9 Å². The Kier molecular flexibility index (Phi) is 3.23. The summed E-state index contributed by atoms with van der Waals surface area (Å²) in [4.78, 5) is 0. The van der Waals surface area contributed by atoms with Crippen LogP contribution in [-0.2, 0) is 6.54 Å². The summed E-state index contributed by atoms with van der Waals surface area (Å²) in [5, 5.41) is 3.60. The predicted octanol–water partition coefficient (Wildman–Crippen LogP) is 4.02. The smallest absolute Gasteiger partial charge is 0.124 e. The van der Waals surface area contributed by atoms with Gasteiger partial charge in [0.1, 0.15) is 17.3 Å². The van der Waals surface area contributed by atoms with E-state index in [-0.39, 0.29) is 0 Å². The van der Waals surface area contributed by atoms with Gasteiger partial charge in [0.2, 0.25) is 0 Å². The minimum absolute atomic E-state index is 0.350. The van der Waals surface area contributed by atoms with Crippen LogP contribution >= 0.6 is 0 Å². The first kappa shape index (κ1) is 13.0. The summed E-state index contributed by atoms with van der Waals surface area (Å²) in [5.74, 6) is 4.65. The molecule has 0 bridgehead atoms. The maximum atomic E-state index is 5.96. The molecule has 1 saturated carbocycles. The van der Waals surface area contributed by atoms with Crippen LogP contribution in [0.15, 0.2) is 40.8 Å². The molecule has 1 aromatic heterocycles. The molecule has 0 radical (unpaired) electrons. The molecular formula is C18H21NO2. The predicted molar refractivity (Wildman–Crippen MR) is 81.4 cm³/mol. The van der Waals surface area contributed by atoms with Crippen LogP contribution < -0.4 is 10.1 Å². The highest BCUT2D eigenvalue weighted by Crippen LogP contribution is 2.47. The minimum atomic E-state index is 0.350. The Hall–Kier alpha value is -1.74. The molecule has 2 heterocycles. The summed E-state index contributed by atoms with van der Waals surface area (Å²) < 4.78 is 11.7. The third kappa shape index (κ3) is 2.58. The van der Waals surface area contributed by atoms with Crippen molar-refractivity contribution in [2.24, 2.45) is 5.92 Å². The van der Waals surface area contributed by atoms with Crippen LogP contribution in [-0.4, -0.2) is 6.61 Å². The maximum Gasteiger partial charge on any atom is 0.124 e. The normalized spacial score (nSPS) is 27.0. The lowest BCUT2D eigenvalue weighted by atomic mass is 10.0. The molecule has 1 aliphatic carbocycles. The first-order valence-corrected chi connectivity index (χ1v) is 7.85. The molecular weight excluding hydrogens is 262 g/mol. The van der Waals surface area contributed by atoms with Crippen molar-refractivity contribution in [3.05, 3.63) is 53.5 Å². The topological polar surface area (TPSA) is 34.4 Å². The second-order valence-corrected chi connectivity index (χ2v) is 6.23. The molecule has 3 atom stereocenters. The van der Waals surface area contributed by atoms with E-state index in [4.69, 9.17) is 9.15 Å². The molecule has 1 fully saturated rings. The number of furan rings is 1. The summed E-state index contributed by atoms with van der Waals surface area (Å²) in [6, 6.07) is 12.9. The van der Waals surface area contributed by atoms with Crippen molar-refractivity contribution >= 4 is 0 Å². The van der Waals surface area contributed by atoms with E-state index in [9.17, 15) is 0 Å². The third-order valence-corrected chi connectivity index (χ3v) is 4.64. The van der Waals surface area contributed by atoms with Crippen LogP contribution in [0.25, 0.3) is 0 Å². The lowest BCUT2D eigenvalue weighted by molar-refractivity contribution is 0.249. The van der Waals surface area contributed by atoms with Crippen LogP contribution in [0.4, 0.5) is 0 Å². The zero-order chi connectivity index (χ0) is 14.2. The van der Waals surface area contributed by atoms with Crippen LogP contribution in [0.2, 0.25) is 0 Å². The molecule has 2 aliphatic rings. The van der Waals surface area contributed by atoms with Crippen LogP contribution in [0, 0.1) is 5.92 Å². The van der Waals surface area contributed by atoms with Gasteiger partial charge in [-0.05, 0) is 30.5 Å². The van der Waals surface area contributed by atoms with E-state index in [1.54, 1.807) is 0 Å². The highest BCUT2D eigenvalue weighted by Gasteiger charge is 2.36. The highest BCUT2D eigenvalue weighted by molar-refractivity contribution is 5.37. The molecule has 3 nitrogen and oxygen atoms in total. The number of benzene rings is 1. The summed E-state index contributed by atoms with van der Waals surface area (Å²) in [6.07, 6.45) is 2.28. The van der Waals surface area contributed by atoms with E-state index in [0.717, 1.165) is 42.8 Å². The van der Waals surface area contributed by atoms with Gasteiger partial charge < -0.3 is 14.5 Å². The first-order valence-electron chi connectivity index (χ1n) is 7.85. The van der Waals surface area contributed by atoms with Crippen LogP contribution in [0.5, 0.6) is 5.75 Å². The van der Waals surface area contributed by atoms with Crippen LogP contribution in [0.3, 0.4) is 0 Å². The molecule has 0 amide bonds. The third-order valence-electron chi connectivity index (χ3n) is 4.64. The molecule has 0 saturated heterocycles. The summed E-state index contributed by atoms with van der Waals surface area (Å²) in [7, 11) is 0. The Balaban J connectivity index is 1.42. The lowest BCUT2D eigenvalue weighted by Gasteiger charge is -2.26. The highest BCUT2D eigenvalue weighted by atomic mass is 16.5. The largest absolute Gasteiger partial charge is 0.493 e. The summed E-state index contributed by atoms with van der Waals surface area (Å²) in [5.41, 5.74) is 1.26. The molecule has 2 aromatic rings. The van der Waals surface area contributed by atoms with Crippen molar-refractivity contribution in [3.8, 4) is 5.75 Å². The van der Waals surface area contributed by atoms with Gasteiger partial charge in [0.05, 0.1) is 13.2 Å². The van der Waals surface area contributed by atoms with Gasteiger partial charge in [-0.1, -0.05) is 25.1 Å². The number of nitrogens with one attached hydrogen (secondary N) is 1. The average Bonchev–Trinajstić information content (AvgIpc) is 3.07. The van der Waals surface area contributed by atoms with Crippen molar-refractivity contribution in [3.63, 3.8) is 0 Å². The lowest BCUT2D eigenvalue weighted by Crippen LogP contribution is -2.26. The number of rotatable bonds is 4. The zero-order valence-corrected chi connectivity index (χ0v) is 12.3. The second kappa shape index (κ2) is 5.23. The molecule has 3 heteroatoms.